The van der Waals surface area contributed by atoms with E-state index in [9.17, 15) is 4.79 Å². The summed E-state index contributed by atoms with van der Waals surface area (Å²) >= 11 is 5.79. The second kappa shape index (κ2) is 6.06. The third-order valence-corrected chi connectivity index (χ3v) is 4.36. The van der Waals surface area contributed by atoms with E-state index >= 15 is 0 Å². The molecule has 2 aliphatic heterocycles. The highest BCUT2D eigenvalue weighted by molar-refractivity contribution is 6.29. The molecule has 0 aromatic carbocycles. The molecule has 0 bridgehead atoms. The van der Waals surface area contributed by atoms with E-state index in [1.807, 2.05) is 4.90 Å². The Bertz CT molecular complexity index is 490. The van der Waals surface area contributed by atoms with Crippen molar-refractivity contribution < 1.29 is 4.79 Å². The number of nitrogens with zero attached hydrogens (tertiary/aromatic N) is 4. The molecule has 0 radical (unpaired) electrons. The first kappa shape index (κ1) is 13.8. The van der Waals surface area contributed by atoms with Gasteiger partial charge in [-0.05, 0) is 32.4 Å². The number of amides is 1. The lowest BCUT2D eigenvalue weighted by molar-refractivity contribution is 0.0765. The summed E-state index contributed by atoms with van der Waals surface area (Å²) in [4.78, 5) is 24.8. The molecule has 0 spiro atoms. The number of rotatable bonds is 2. The van der Waals surface area contributed by atoms with Crippen LogP contribution in [-0.4, -0.2) is 57.9 Å². The summed E-state index contributed by atoms with van der Waals surface area (Å²) in [6.45, 7) is 3.94. The Morgan fingerprint density at radius 1 is 1.20 bits per heavy atom. The van der Waals surface area contributed by atoms with E-state index < -0.39 is 0 Å². The fourth-order valence-corrected chi connectivity index (χ4v) is 3.26. The molecule has 2 aliphatic rings. The summed E-state index contributed by atoms with van der Waals surface area (Å²) in [6, 6.07) is 0.506. The van der Waals surface area contributed by atoms with Gasteiger partial charge in [-0.25, -0.2) is 4.98 Å². The van der Waals surface area contributed by atoms with Gasteiger partial charge in [0.1, 0.15) is 10.8 Å². The summed E-state index contributed by atoms with van der Waals surface area (Å²) in [7, 11) is 0. The minimum absolute atomic E-state index is 0.0560. The minimum Gasteiger partial charge on any atom is -0.336 e. The van der Waals surface area contributed by atoms with Crippen molar-refractivity contribution in [2.24, 2.45) is 0 Å². The largest absolute Gasteiger partial charge is 0.336 e. The number of likely N-dealkylation sites (tertiary alicyclic amines) is 2. The Labute approximate surface area is 123 Å². The van der Waals surface area contributed by atoms with Crippen molar-refractivity contribution in [2.45, 2.75) is 31.7 Å². The van der Waals surface area contributed by atoms with Crippen LogP contribution in [0.25, 0.3) is 0 Å². The van der Waals surface area contributed by atoms with Gasteiger partial charge in [0.15, 0.2) is 0 Å². The molecule has 3 rings (SSSR count). The molecule has 0 aliphatic carbocycles. The van der Waals surface area contributed by atoms with Gasteiger partial charge in [-0.1, -0.05) is 18.0 Å². The Hall–Kier alpha value is -1.20. The molecular formula is C14H19ClN4O. The van der Waals surface area contributed by atoms with Gasteiger partial charge in [-0.3, -0.25) is 14.7 Å². The lowest BCUT2D eigenvalue weighted by Crippen LogP contribution is -2.41. The standard InChI is InChI=1S/C14H19ClN4O/c15-13-9-16-8-12(17-13)14(20)19-7-4-11(10-19)18-5-2-1-3-6-18/h8-9,11H,1-7,10H2. The van der Waals surface area contributed by atoms with Crippen molar-refractivity contribution in [3.63, 3.8) is 0 Å². The Morgan fingerprint density at radius 2 is 2.00 bits per heavy atom. The second-order valence-electron chi connectivity index (χ2n) is 5.52. The molecule has 6 heteroatoms. The van der Waals surface area contributed by atoms with Crippen molar-refractivity contribution in [1.82, 2.24) is 19.8 Å². The molecule has 3 heterocycles. The highest BCUT2D eigenvalue weighted by Crippen LogP contribution is 2.21. The average molecular weight is 295 g/mol. The normalized spacial score (nSPS) is 24.1. The third-order valence-electron chi connectivity index (χ3n) is 4.18. The molecule has 1 unspecified atom stereocenters. The molecule has 1 aromatic rings. The third kappa shape index (κ3) is 2.94. The SMILES string of the molecule is O=C(c1cncc(Cl)n1)N1CCC(N2CCCCC2)C1. The summed E-state index contributed by atoms with van der Waals surface area (Å²) in [5.41, 5.74) is 0.344. The molecule has 1 amide bonds. The minimum atomic E-state index is -0.0560. The molecule has 1 aromatic heterocycles. The van der Waals surface area contributed by atoms with Crippen molar-refractivity contribution in [3.05, 3.63) is 23.2 Å². The van der Waals surface area contributed by atoms with Crippen LogP contribution in [0.3, 0.4) is 0 Å². The first-order chi connectivity index (χ1) is 9.74. The molecule has 2 fully saturated rings. The Morgan fingerprint density at radius 3 is 2.75 bits per heavy atom. The lowest BCUT2D eigenvalue weighted by Gasteiger charge is -2.32. The summed E-state index contributed by atoms with van der Waals surface area (Å²) in [6.07, 6.45) is 7.89. The van der Waals surface area contributed by atoms with Crippen LogP contribution in [-0.2, 0) is 0 Å². The number of piperidine rings is 1. The van der Waals surface area contributed by atoms with E-state index in [1.54, 1.807) is 0 Å². The molecule has 5 nitrogen and oxygen atoms in total. The second-order valence-corrected chi connectivity index (χ2v) is 5.90. The van der Waals surface area contributed by atoms with E-state index in [0.29, 0.717) is 11.7 Å². The van der Waals surface area contributed by atoms with Crippen LogP contribution in [0, 0.1) is 0 Å². The predicted octanol–water partition coefficient (Wildman–Crippen LogP) is 1.83. The molecule has 0 saturated carbocycles. The summed E-state index contributed by atoms with van der Waals surface area (Å²) < 4.78 is 0. The fraction of sp³-hybridized carbons (Fsp3) is 0.643. The van der Waals surface area contributed by atoms with Gasteiger partial charge < -0.3 is 4.90 Å². The van der Waals surface area contributed by atoms with Crippen molar-refractivity contribution >= 4 is 17.5 Å². The highest BCUT2D eigenvalue weighted by atomic mass is 35.5. The summed E-state index contributed by atoms with van der Waals surface area (Å²) in [5.74, 6) is -0.0560. The highest BCUT2D eigenvalue weighted by Gasteiger charge is 2.31. The van der Waals surface area contributed by atoms with Crippen molar-refractivity contribution in [1.29, 1.82) is 0 Å². The molecular weight excluding hydrogens is 276 g/mol. The van der Waals surface area contributed by atoms with Crippen LogP contribution in [0.2, 0.25) is 5.15 Å². The van der Waals surface area contributed by atoms with Crippen LogP contribution in [0.5, 0.6) is 0 Å². The van der Waals surface area contributed by atoms with Crippen molar-refractivity contribution in [3.8, 4) is 0 Å². The number of carbonyl (C=O) groups excluding carboxylic acids is 1. The van der Waals surface area contributed by atoms with E-state index in [2.05, 4.69) is 14.9 Å². The van der Waals surface area contributed by atoms with Crippen LogP contribution in [0.1, 0.15) is 36.2 Å². The monoisotopic (exact) mass is 294 g/mol. The maximum Gasteiger partial charge on any atom is 0.274 e. The fourth-order valence-electron chi connectivity index (χ4n) is 3.12. The maximum absolute atomic E-state index is 12.4. The number of aromatic nitrogens is 2. The average Bonchev–Trinajstić information content (AvgIpc) is 2.97. The number of hydrogen-bond acceptors (Lipinski definition) is 4. The van der Waals surface area contributed by atoms with E-state index in [1.165, 1.54) is 44.7 Å². The zero-order valence-corrected chi connectivity index (χ0v) is 12.2. The van der Waals surface area contributed by atoms with Gasteiger partial charge in [0, 0.05) is 19.1 Å². The van der Waals surface area contributed by atoms with E-state index in [0.717, 1.165) is 19.5 Å². The molecule has 0 N–H and O–H groups in total. The van der Waals surface area contributed by atoms with Gasteiger partial charge in [0.05, 0.1) is 12.4 Å². The van der Waals surface area contributed by atoms with Crippen LogP contribution >= 0.6 is 11.6 Å². The van der Waals surface area contributed by atoms with Gasteiger partial charge in [0.25, 0.3) is 5.91 Å². The molecule has 1 atom stereocenters. The quantitative estimate of drug-likeness (QED) is 0.835. The predicted molar refractivity (Wildman–Crippen MR) is 76.8 cm³/mol. The maximum atomic E-state index is 12.4. The van der Waals surface area contributed by atoms with E-state index in [4.69, 9.17) is 11.6 Å². The van der Waals surface area contributed by atoms with Crippen LogP contribution in [0.15, 0.2) is 12.4 Å². The Balaban J connectivity index is 1.63. The van der Waals surface area contributed by atoms with Gasteiger partial charge >= 0.3 is 0 Å². The lowest BCUT2D eigenvalue weighted by atomic mass is 10.1. The number of halogens is 1. The first-order valence-corrected chi connectivity index (χ1v) is 7.63. The van der Waals surface area contributed by atoms with Crippen LogP contribution < -0.4 is 0 Å². The zero-order chi connectivity index (χ0) is 13.9. The molecule has 108 valence electrons. The first-order valence-electron chi connectivity index (χ1n) is 7.25. The topological polar surface area (TPSA) is 49.3 Å². The van der Waals surface area contributed by atoms with Gasteiger partial charge in [-0.15, -0.1) is 0 Å². The van der Waals surface area contributed by atoms with Gasteiger partial charge in [-0.2, -0.15) is 0 Å². The smallest absolute Gasteiger partial charge is 0.274 e. The zero-order valence-electron chi connectivity index (χ0n) is 11.5. The molecule has 20 heavy (non-hydrogen) atoms. The van der Waals surface area contributed by atoms with Crippen LogP contribution in [0.4, 0.5) is 0 Å². The van der Waals surface area contributed by atoms with E-state index in [-0.39, 0.29) is 11.1 Å². The van der Waals surface area contributed by atoms with Gasteiger partial charge in [0.2, 0.25) is 0 Å². The molecule has 2 saturated heterocycles. The Kier molecular flexibility index (Phi) is 4.17. The number of hydrogen-bond donors (Lipinski definition) is 0. The summed E-state index contributed by atoms with van der Waals surface area (Å²) in [5, 5.41) is 0.266. The van der Waals surface area contributed by atoms with Crippen molar-refractivity contribution in [2.75, 3.05) is 26.2 Å². The number of carbonyl (C=O) groups is 1.